The summed E-state index contributed by atoms with van der Waals surface area (Å²) in [5.41, 5.74) is 2.80. The van der Waals surface area contributed by atoms with E-state index in [9.17, 15) is 0 Å². The Balaban J connectivity index is 2.31. The first-order valence-electron chi connectivity index (χ1n) is 4.06. The standard InChI is InChI=1S/C9H12N2/c1-3-4-7-5-6-10-9-8(7)11(9)2/h5-6H,3-4H2,1-2H3. The summed E-state index contributed by atoms with van der Waals surface area (Å²) in [6, 6.07) is 2.12. The van der Waals surface area contributed by atoms with Crippen LogP contribution in [0.3, 0.4) is 0 Å². The van der Waals surface area contributed by atoms with Crippen molar-refractivity contribution in [1.82, 2.24) is 4.98 Å². The van der Waals surface area contributed by atoms with E-state index in [2.05, 4.69) is 29.9 Å². The van der Waals surface area contributed by atoms with Crippen molar-refractivity contribution in [3.05, 3.63) is 17.8 Å². The molecule has 1 aliphatic heterocycles. The fraction of sp³-hybridized carbons (Fsp3) is 0.444. The van der Waals surface area contributed by atoms with Crippen LogP contribution in [-0.4, -0.2) is 12.0 Å². The summed E-state index contributed by atoms with van der Waals surface area (Å²) in [6.07, 6.45) is 4.28. The maximum absolute atomic E-state index is 4.22. The van der Waals surface area contributed by atoms with Gasteiger partial charge in [0.05, 0.1) is 5.69 Å². The molecule has 2 heteroatoms. The van der Waals surface area contributed by atoms with Crippen molar-refractivity contribution in [2.75, 3.05) is 11.9 Å². The second-order valence-electron chi connectivity index (χ2n) is 2.95. The fourth-order valence-corrected chi connectivity index (χ4v) is 1.49. The maximum Gasteiger partial charge on any atom is 0.157 e. The van der Waals surface area contributed by atoms with Crippen LogP contribution in [0.5, 0.6) is 0 Å². The van der Waals surface area contributed by atoms with E-state index in [-0.39, 0.29) is 0 Å². The number of anilines is 2. The minimum Gasteiger partial charge on any atom is -0.324 e. The van der Waals surface area contributed by atoms with E-state index >= 15 is 0 Å². The summed E-state index contributed by atoms with van der Waals surface area (Å²) in [7, 11) is 2.07. The second-order valence-corrected chi connectivity index (χ2v) is 2.95. The van der Waals surface area contributed by atoms with Gasteiger partial charge < -0.3 is 4.90 Å². The molecule has 0 saturated carbocycles. The van der Waals surface area contributed by atoms with Crippen molar-refractivity contribution in [3.8, 4) is 0 Å². The first kappa shape index (κ1) is 6.65. The lowest BCUT2D eigenvalue weighted by molar-refractivity contribution is 0.925. The van der Waals surface area contributed by atoms with Crippen LogP contribution in [0, 0.1) is 0 Å². The fourth-order valence-electron chi connectivity index (χ4n) is 1.49. The van der Waals surface area contributed by atoms with Crippen LogP contribution in [0.15, 0.2) is 12.3 Å². The summed E-state index contributed by atoms with van der Waals surface area (Å²) in [4.78, 5) is 6.37. The quantitative estimate of drug-likeness (QED) is 0.597. The molecule has 0 aromatic carbocycles. The van der Waals surface area contributed by atoms with Crippen LogP contribution < -0.4 is 4.90 Å². The highest BCUT2D eigenvalue weighted by molar-refractivity contribution is 5.91. The molecule has 0 amide bonds. The number of hydrogen-bond donors (Lipinski definition) is 0. The Morgan fingerprint density at radius 1 is 1.55 bits per heavy atom. The van der Waals surface area contributed by atoms with E-state index in [1.807, 2.05) is 6.20 Å². The number of hydrogen-bond acceptors (Lipinski definition) is 2. The maximum atomic E-state index is 4.22. The molecule has 0 aliphatic carbocycles. The Hall–Kier alpha value is -1.05. The zero-order chi connectivity index (χ0) is 7.84. The molecule has 0 unspecified atom stereocenters. The van der Waals surface area contributed by atoms with Gasteiger partial charge in [0.1, 0.15) is 0 Å². The van der Waals surface area contributed by atoms with Crippen molar-refractivity contribution < 1.29 is 0 Å². The van der Waals surface area contributed by atoms with E-state index < -0.39 is 0 Å². The first-order valence-corrected chi connectivity index (χ1v) is 4.06. The van der Waals surface area contributed by atoms with Crippen LogP contribution in [0.25, 0.3) is 0 Å². The van der Waals surface area contributed by atoms with Gasteiger partial charge in [-0.15, -0.1) is 0 Å². The molecule has 0 fully saturated rings. The van der Waals surface area contributed by atoms with Crippen LogP contribution >= 0.6 is 0 Å². The van der Waals surface area contributed by atoms with Crippen molar-refractivity contribution in [2.45, 2.75) is 19.8 Å². The summed E-state index contributed by atoms with van der Waals surface area (Å²) in [5, 5.41) is 0. The largest absolute Gasteiger partial charge is 0.324 e. The summed E-state index contributed by atoms with van der Waals surface area (Å²) in [6.45, 7) is 2.20. The van der Waals surface area contributed by atoms with Crippen molar-refractivity contribution in [1.29, 1.82) is 0 Å². The van der Waals surface area contributed by atoms with E-state index in [0.29, 0.717) is 0 Å². The van der Waals surface area contributed by atoms with E-state index in [1.54, 1.807) is 0 Å². The molecular formula is C9H12N2. The Kier molecular flexibility index (Phi) is 1.34. The van der Waals surface area contributed by atoms with Crippen molar-refractivity contribution in [2.24, 2.45) is 0 Å². The first-order chi connectivity index (χ1) is 5.34. The lowest BCUT2D eigenvalue weighted by Crippen LogP contribution is -1.86. The summed E-state index contributed by atoms with van der Waals surface area (Å²) in [5.74, 6) is 1.16. The average Bonchev–Trinajstić information content (AvgIpc) is 2.65. The van der Waals surface area contributed by atoms with Gasteiger partial charge >= 0.3 is 0 Å². The topological polar surface area (TPSA) is 15.9 Å². The molecule has 0 radical (unpaired) electrons. The molecule has 0 atom stereocenters. The predicted molar refractivity (Wildman–Crippen MR) is 46.3 cm³/mol. The van der Waals surface area contributed by atoms with Gasteiger partial charge in [-0.2, -0.15) is 0 Å². The third kappa shape index (κ3) is 0.897. The number of rotatable bonds is 2. The van der Waals surface area contributed by atoms with Gasteiger partial charge in [0.2, 0.25) is 0 Å². The molecule has 0 N–H and O–H groups in total. The molecular weight excluding hydrogens is 136 g/mol. The zero-order valence-electron chi connectivity index (χ0n) is 6.96. The molecule has 2 rings (SSSR count). The number of aryl methyl sites for hydroxylation is 1. The molecule has 2 nitrogen and oxygen atoms in total. The summed E-state index contributed by atoms with van der Waals surface area (Å²) < 4.78 is 0. The minimum absolute atomic E-state index is 1.16. The molecule has 58 valence electrons. The van der Waals surface area contributed by atoms with Crippen LogP contribution in [0.4, 0.5) is 11.5 Å². The van der Waals surface area contributed by atoms with Crippen molar-refractivity contribution >= 4 is 11.5 Å². The molecule has 1 aromatic rings. The molecule has 0 saturated heterocycles. The minimum atomic E-state index is 1.16. The molecule has 0 spiro atoms. The number of nitrogens with zero attached hydrogens (tertiary/aromatic N) is 2. The van der Waals surface area contributed by atoms with Crippen molar-refractivity contribution in [3.63, 3.8) is 0 Å². The van der Waals surface area contributed by atoms with E-state index in [4.69, 9.17) is 0 Å². The Labute approximate surface area is 66.9 Å². The van der Waals surface area contributed by atoms with Gasteiger partial charge in [-0.1, -0.05) is 13.3 Å². The normalized spacial score (nSPS) is 13.1. The smallest absolute Gasteiger partial charge is 0.157 e. The number of pyridine rings is 1. The molecule has 0 bridgehead atoms. The Morgan fingerprint density at radius 3 is 3.09 bits per heavy atom. The third-order valence-electron chi connectivity index (χ3n) is 2.11. The monoisotopic (exact) mass is 148 g/mol. The van der Waals surface area contributed by atoms with Gasteiger partial charge in [0, 0.05) is 13.2 Å². The number of aromatic nitrogens is 1. The van der Waals surface area contributed by atoms with Crippen LogP contribution in [-0.2, 0) is 6.42 Å². The third-order valence-corrected chi connectivity index (χ3v) is 2.11. The van der Waals surface area contributed by atoms with Gasteiger partial charge in [-0.3, -0.25) is 0 Å². The van der Waals surface area contributed by atoms with E-state index in [0.717, 1.165) is 5.82 Å². The second kappa shape index (κ2) is 2.22. The highest BCUT2D eigenvalue weighted by Crippen LogP contribution is 2.46. The molecule has 1 aliphatic rings. The molecule has 1 aromatic heterocycles. The van der Waals surface area contributed by atoms with Crippen LogP contribution in [0.2, 0.25) is 0 Å². The summed E-state index contributed by atoms with van der Waals surface area (Å²) >= 11 is 0. The predicted octanol–water partition coefficient (Wildman–Crippen LogP) is 2.12. The lowest BCUT2D eigenvalue weighted by Gasteiger charge is -1.93. The number of fused-ring (bicyclic) bond motifs is 1. The van der Waals surface area contributed by atoms with Gasteiger partial charge in [0.25, 0.3) is 0 Å². The van der Waals surface area contributed by atoms with Gasteiger partial charge in [-0.25, -0.2) is 4.98 Å². The highest BCUT2D eigenvalue weighted by atomic mass is 15.3. The highest BCUT2D eigenvalue weighted by Gasteiger charge is 2.29. The Bertz CT molecular complexity index is 281. The van der Waals surface area contributed by atoms with Gasteiger partial charge in [-0.05, 0) is 18.1 Å². The average molecular weight is 148 g/mol. The van der Waals surface area contributed by atoms with Gasteiger partial charge in [0.15, 0.2) is 5.82 Å². The zero-order valence-corrected chi connectivity index (χ0v) is 6.96. The lowest BCUT2D eigenvalue weighted by atomic mass is 10.1. The Morgan fingerprint density at radius 2 is 2.36 bits per heavy atom. The SMILES string of the molecule is CCCc1ccnc2c1N2C. The van der Waals surface area contributed by atoms with E-state index in [1.165, 1.54) is 24.1 Å². The molecule has 2 heterocycles. The van der Waals surface area contributed by atoms with Crippen LogP contribution in [0.1, 0.15) is 18.9 Å². The molecule has 11 heavy (non-hydrogen) atoms.